The second kappa shape index (κ2) is 15.5. The molecule has 0 bridgehead atoms. The molecule has 3 fully saturated rings. The Bertz CT molecular complexity index is 1480. The van der Waals surface area contributed by atoms with Gasteiger partial charge in [-0.3, -0.25) is 19.2 Å². The molecule has 1 heterocycles. The third-order valence-corrected chi connectivity index (χ3v) is 13.6. The molecule has 0 aromatic heterocycles. The van der Waals surface area contributed by atoms with Crippen LogP contribution in [0, 0.1) is 35.0 Å². The summed E-state index contributed by atoms with van der Waals surface area (Å²) < 4.78 is 25.6. The summed E-state index contributed by atoms with van der Waals surface area (Å²) in [7, 11) is -3.58. The molecule has 4 N–H and O–H groups in total. The van der Waals surface area contributed by atoms with Gasteiger partial charge in [0.2, 0.25) is 17.6 Å². The number of sulfone groups is 1. The van der Waals surface area contributed by atoms with Crippen LogP contribution in [0.3, 0.4) is 0 Å². The van der Waals surface area contributed by atoms with Gasteiger partial charge in [-0.15, -0.1) is 18.9 Å². The summed E-state index contributed by atoms with van der Waals surface area (Å²) in [5, 5.41) is 11.1. The number of hydrogen-bond acceptors (Lipinski definition) is 7. The number of carbonyl (C=O) groups excluding carboxylic acids is 5. The minimum atomic E-state index is -3.58. The van der Waals surface area contributed by atoms with Crippen molar-refractivity contribution in [1.29, 1.82) is 0 Å². The number of terminal acetylenes is 1. The van der Waals surface area contributed by atoms with E-state index in [-0.39, 0.29) is 48.9 Å². The predicted octanol–water partition coefficient (Wildman–Crippen LogP) is 3.26. The van der Waals surface area contributed by atoms with E-state index in [0.717, 1.165) is 19.3 Å². The number of fused-ring (bicyclic) bond motifs is 1. The van der Waals surface area contributed by atoms with E-state index in [1.165, 1.54) is 4.90 Å². The summed E-state index contributed by atoms with van der Waals surface area (Å²) >= 11 is 0. The third kappa shape index (κ3) is 9.28. The van der Waals surface area contributed by atoms with E-state index >= 15 is 0 Å². The molecular weight excluding hydrogens is 659 g/mol. The van der Waals surface area contributed by atoms with Crippen LogP contribution in [0.25, 0.3) is 0 Å². The highest BCUT2D eigenvalue weighted by Crippen LogP contribution is 2.65. The Labute approximate surface area is 299 Å². The minimum Gasteiger partial charge on any atom is -0.349 e. The van der Waals surface area contributed by atoms with Crippen LogP contribution in [0.2, 0.25) is 0 Å². The number of ketones is 1. The Morgan fingerprint density at radius 1 is 1.02 bits per heavy atom. The topological polar surface area (TPSA) is 171 Å². The maximum atomic E-state index is 14.4. The SMILES string of the molecule is C#CCCC(NC(=O)[C@@H]1C2C(CN1C(=O)[C@@H](NC(=O)NC1(CS(=O)(=O)C(C)(C)C)CCCCC1)C(C)(C)C)C2(C)C)C(=O)C(=O)NCCC=C. The summed E-state index contributed by atoms with van der Waals surface area (Å²) in [6.45, 7) is 18.5. The van der Waals surface area contributed by atoms with Gasteiger partial charge in [0.25, 0.3) is 5.91 Å². The Hall–Kier alpha value is -3.40. The first kappa shape index (κ1) is 41.0. The second-order valence-electron chi connectivity index (χ2n) is 17.0. The van der Waals surface area contributed by atoms with Gasteiger partial charge in [0, 0.05) is 19.5 Å². The molecule has 0 aromatic carbocycles. The van der Waals surface area contributed by atoms with Crippen LogP contribution in [0.15, 0.2) is 12.7 Å². The lowest BCUT2D eigenvalue weighted by atomic mass is 9.83. The average Bonchev–Trinajstić information content (AvgIpc) is 3.31. The lowest BCUT2D eigenvalue weighted by Crippen LogP contribution is -2.64. The molecule has 13 heteroatoms. The van der Waals surface area contributed by atoms with E-state index in [4.69, 9.17) is 6.42 Å². The van der Waals surface area contributed by atoms with Gasteiger partial charge in [-0.05, 0) is 69.1 Å². The number of nitrogens with one attached hydrogen (secondary N) is 4. The van der Waals surface area contributed by atoms with E-state index in [2.05, 4.69) is 33.8 Å². The quantitative estimate of drug-likeness (QED) is 0.0925. The van der Waals surface area contributed by atoms with E-state index in [0.29, 0.717) is 19.3 Å². The van der Waals surface area contributed by atoms with Crippen molar-refractivity contribution in [2.45, 2.75) is 135 Å². The molecule has 0 radical (unpaired) electrons. The molecule has 280 valence electrons. The van der Waals surface area contributed by atoms with Crippen molar-refractivity contribution in [3.63, 3.8) is 0 Å². The van der Waals surface area contributed by atoms with Gasteiger partial charge in [-0.1, -0.05) is 60.0 Å². The van der Waals surface area contributed by atoms with Crippen LogP contribution in [0.1, 0.15) is 107 Å². The summed E-state index contributed by atoms with van der Waals surface area (Å²) in [5.41, 5.74) is -2.00. The van der Waals surface area contributed by atoms with E-state index in [1.54, 1.807) is 26.8 Å². The van der Waals surface area contributed by atoms with Gasteiger partial charge in [-0.2, -0.15) is 0 Å². The Balaban J connectivity index is 1.86. The van der Waals surface area contributed by atoms with Crippen molar-refractivity contribution in [2.24, 2.45) is 22.7 Å². The zero-order chi connectivity index (χ0) is 37.9. The Kier molecular flexibility index (Phi) is 12.7. The first-order valence-corrected chi connectivity index (χ1v) is 19.5. The van der Waals surface area contributed by atoms with Crippen LogP contribution >= 0.6 is 0 Å². The van der Waals surface area contributed by atoms with E-state index < -0.39 is 73.2 Å². The highest BCUT2D eigenvalue weighted by molar-refractivity contribution is 7.92. The zero-order valence-electron chi connectivity index (χ0n) is 31.2. The number of nitrogens with zero attached hydrogens (tertiary/aromatic N) is 1. The highest BCUT2D eigenvalue weighted by Gasteiger charge is 2.70. The molecule has 0 spiro atoms. The average molecular weight is 718 g/mol. The van der Waals surface area contributed by atoms with Crippen LogP contribution in [0.4, 0.5) is 4.79 Å². The number of hydrogen-bond donors (Lipinski definition) is 4. The van der Waals surface area contributed by atoms with Crippen molar-refractivity contribution in [2.75, 3.05) is 18.8 Å². The summed E-state index contributed by atoms with van der Waals surface area (Å²) in [4.78, 5) is 69.5. The van der Waals surface area contributed by atoms with Crippen LogP contribution < -0.4 is 21.3 Å². The summed E-state index contributed by atoms with van der Waals surface area (Å²) in [6.07, 6.45) is 11.2. The Morgan fingerprint density at radius 2 is 1.64 bits per heavy atom. The first-order valence-electron chi connectivity index (χ1n) is 17.8. The number of rotatable bonds is 14. The first-order chi connectivity index (χ1) is 23.0. The van der Waals surface area contributed by atoms with Gasteiger partial charge in [0.15, 0.2) is 9.84 Å². The van der Waals surface area contributed by atoms with Crippen LogP contribution in [-0.4, -0.2) is 90.1 Å². The number of amides is 5. The fraction of sp³-hybridized carbons (Fsp3) is 0.757. The van der Waals surface area contributed by atoms with E-state index in [9.17, 15) is 32.4 Å². The second-order valence-corrected chi connectivity index (χ2v) is 19.7. The molecule has 5 amide bonds. The number of Topliss-reactive ketones (excluding diaryl/α,β-unsaturated/α-hetero) is 1. The lowest BCUT2D eigenvalue weighted by molar-refractivity contribution is -0.145. The molecule has 50 heavy (non-hydrogen) atoms. The number of urea groups is 1. The molecule has 5 atom stereocenters. The molecule has 12 nitrogen and oxygen atoms in total. The van der Waals surface area contributed by atoms with Crippen LogP contribution in [-0.2, 0) is 29.0 Å². The fourth-order valence-electron chi connectivity index (χ4n) is 7.44. The fourth-order valence-corrected chi connectivity index (χ4v) is 8.96. The third-order valence-electron chi connectivity index (χ3n) is 10.8. The smallest absolute Gasteiger partial charge is 0.315 e. The van der Waals surface area contributed by atoms with Gasteiger partial charge < -0.3 is 26.2 Å². The minimum absolute atomic E-state index is 0.0202. The maximum Gasteiger partial charge on any atom is 0.315 e. The van der Waals surface area contributed by atoms with Crippen molar-refractivity contribution >= 4 is 39.4 Å². The molecule has 3 aliphatic rings. The number of carbonyl (C=O) groups is 5. The van der Waals surface area contributed by atoms with Gasteiger partial charge >= 0.3 is 6.03 Å². The maximum absolute atomic E-state index is 14.4. The molecule has 2 saturated carbocycles. The molecule has 3 rings (SSSR count). The highest BCUT2D eigenvalue weighted by atomic mass is 32.2. The van der Waals surface area contributed by atoms with Crippen molar-refractivity contribution in [1.82, 2.24) is 26.2 Å². The number of likely N-dealkylation sites (tertiary alicyclic amines) is 1. The van der Waals surface area contributed by atoms with E-state index in [1.807, 2.05) is 34.6 Å². The van der Waals surface area contributed by atoms with Gasteiger partial charge in [-0.25, -0.2) is 13.2 Å². The lowest BCUT2D eigenvalue weighted by Gasteiger charge is -2.41. The molecule has 2 aliphatic carbocycles. The van der Waals surface area contributed by atoms with Gasteiger partial charge in [0.05, 0.1) is 22.1 Å². The van der Waals surface area contributed by atoms with Crippen molar-refractivity contribution in [3.8, 4) is 12.3 Å². The molecular formula is C37H59N5O7S. The van der Waals surface area contributed by atoms with Crippen molar-refractivity contribution < 1.29 is 32.4 Å². The number of piperidine rings is 1. The monoisotopic (exact) mass is 717 g/mol. The molecule has 1 aliphatic heterocycles. The summed E-state index contributed by atoms with van der Waals surface area (Å²) in [6, 6.07) is -3.83. The standard InChI is InChI=1S/C37H59N5O7S/c1-11-13-18-25(28(43)31(45)38-21-14-12-2)39-30(44)27-26-24(36(26,9)10)22-42(27)32(46)29(34(3,4)5)40-33(47)41-37(19-16-15-17-20-37)23-50(48,49)35(6,7)8/h1,12,24-27,29H,2,13-23H2,3-10H3,(H,38,45)(H,39,44)(H2,40,41,47)/t24?,25?,26?,27-,29+/m0/s1. The zero-order valence-corrected chi connectivity index (χ0v) is 32.1. The van der Waals surface area contributed by atoms with Crippen molar-refractivity contribution in [3.05, 3.63) is 12.7 Å². The van der Waals surface area contributed by atoms with Crippen LogP contribution in [0.5, 0.6) is 0 Å². The summed E-state index contributed by atoms with van der Waals surface area (Å²) in [5.74, 6) is -0.604. The normalized spacial score (nSPS) is 23.7. The molecule has 0 aromatic rings. The molecule has 3 unspecified atom stereocenters. The molecule has 1 saturated heterocycles. The largest absolute Gasteiger partial charge is 0.349 e. The Morgan fingerprint density at radius 3 is 2.18 bits per heavy atom. The van der Waals surface area contributed by atoms with Gasteiger partial charge in [0.1, 0.15) is 12.1 Å². The predicted molar refractivity (Wildman–Crippen MR) is 193 cm³/mol.